The van der Waals surface area contributed by atoms with Crippen LogP contribution in [0.25, 0.3) is 0 Å². The maximum atomic E-state index is 13.0. The number of nitrogens with zero attached hydrogens (tertiary/aromatic N) is 1. The summed E-state index contributed by atoms with van der Waals surface area (Å²) in [6, 6.07) is 4.09. The molecule has 10 heteroatoms. The molecule has 0 atom stereocenters. The molecular formula is C19H30N2O7S. The maximum absolute atomic E-state index is 13.0. The highest BCUT2D eigenvalue weighted by atomic mass is 32.2. The van der Waals surface area contributed by atoms with Crippen molar-refractivity contribution < 1.29 is 32.2 Å². The molecule has 1 rings (SSSR count). The van der Waals surface area contributed by atoms with E-state index in [0.29, 0.717) is 0 Å². The number of carbonyl (C=O) groups excluding carboxylic acids is 2. The van der Waals surface area contributed by atoms with E-state index in [1.807, 2.05) is 0 Å². The van der Waals surface area contributed by atoms with E-state index in [0.717, 1.165) is 0 Å². The van der Waals surface area contributed by atoms with Gasteiger partial charge < -0.3 is 19.1 Å². The summed E-state index contributed by atoms with van der Waals surface area (Å²) < 4.78 is 43.2. The molecule has 0 saturated carbocycles. The lowest BCUT2D eigenvalue weighted by atomic mass is 10.1. The van der Waals surface area contributed by atoms with Gasteiger partial charge in [-0.05, 0) is 45.9 Å². The van der Waals surface area contributed by atoms with Gasteiger partial charge in [-0.1, -0.05) is 0 Å². The van der Waals surface area contributed by atoms with E-state index in [1.165, 1.54) is 37.3 Å². The highest BCUT2D eigenvalue weighted by Gasteiger charge is 2.28. The first kappa shape index (κ1) is 24.9. The number of benzene rings is 1. The molecule has 29 heavy (non-hydrogen) atoms. The molecule has 0 aromatic heterocycles. The first-order chi connectivity index (χ1) is 13.4. The zero-order chi connectivity index (χ0) is 22.2. The predicted molar refractivity (Wildman–Crippen MR) is 107 cm³/mol. The Balaban J connectivity index is 3.30. The third-order valence-corrected chi connectivity index (χ3v) is 5.40. The van der Waals surface area contributed by atoms with Crippen molar-refractivity contribution in [3.05, 3.63) is 23.8 Å². The summed E-state index contributed by atoms with van der Waals surface area (Å²) in [5.74, 6) is -0.982. The van der Waals surface area contributed by atoms with Gasteiger partial charge >= 0.3 is 5.97 Å². The molecule has 0 spiro atoms. The summed E-state index contributed by atoms with van der Waals surface area (Å²) >= 11 is 0. The monoisotopic (exact) mass is 430 g/mol. The first-order valence-corrected chi connectivity index (χ1v) is 10.6. The van der Waals surface area contributed by atoms with E-state index in [4.69, 9.17) is 14.2 Å². The number of hydrogen-bond acceptors (Lipinski definition) is 7. The summed E-state index contributed by atoms with van der Waals surface area (Å²) in [6.45, 7) is 7.05. The van der Waals surface area contributed by atoms with Crippen molar-refractivity contribution in [3.8, 4) is 5.75 Å². The van der Waals surface area contributed by atoms with Crippen LogP contribution in [-0.4, -0.2) is 71.3 Å². The number of esters is 1. The number of rotatable bonds is 10. The Morgan fingerprint density at radius 1 is 1.17 bits per heavy atom. The van der Waals surface area contributed by atoms with Crippen molar-refractivity contribution in [2.45, 2.75) is 38.1 Å². The van der Waals surface area contributed by atoms with Crippen LogP contribution in [0.15, 0.2) is 23.1 Å². The molecule has 0 saturated heterocycles. The van der Waals surface area contributed by atoms with Crippen molar-refractivity contribution in [2.24, 2.45) is 0 Å². The summed E-state index contributed by atoms with van der Waals surface area (Å²) in [5, 5.41) is 0. The lowest BCUT2D eigenvalue weighted by Gasteiger charge is -2.23. The fraction of sp³-hybridized carbons (Fsp3) is 0.579. The zero-order valence-electron chi connectivity index (χ0n) is 17.8. The molecule has 1 aromatic carbocycles. The van der Waals surface area contributed by atoms with E-state index in [9.17, 15) is 18.0 Å². The molecular weight excluding hydrogens is 400 g/mol. The lowest BCUT2D eigenvalue weighted by Crippen LogP contribution is -2.41. The summed E-state index contributed by atoms with van der Waals surface area (Å²) in [6.07, 6.45) is 0. The highest BCUT2D eigenvalue weighted by molar-refractivity contribution is 7.89. The SMILES string of the molecule is CCOC(=O)CN(CCOC)C(=O)c1ccc(OC)c(S(=O)(=O)NC(C)(C)C)c1. The Labute approximate surface area is 172 Å². The second-order valence-electron chi connectivity index (χ2n) is 7.25. The van der Waals surface area contributed by atoms with Crippen molar-refractivity contribution in [3.63, 3.8) is 0 Å². The number of hydrogen-bond donors (Lipinski definition) is 1. The highest BCUT2D eigenvalue weighted by Crippen LogP contribution is 2.26. The molecule has 1 N–H and O–H groups in total. The predicted octanol–water partition coefficient (Wildman–Crippen LogP) is 1.42. The van der Waals surface area contributed by atoms with E-state index in [1.54, 1.807) is 27.7 Å². The number of methoxy groups -OCH3 is 2. The van der Waals surface area contributed by atoms with Crippen LogP contribution in [0.4, 0.5) is 0 Å². The third kappa shape index (κ3) is 7.64. The molecule has 1 amide bonds. The minimum Gasteiger partial charge on any atom is -0.495 e. The van der Waals surface area contributed by atoms with Gasteiger partial charge in [-0.3, -0.25) is 9.59 Å². The second kappa shape index (κ2) is 10.6. The summed E-state index contributed by atoms with van der Waals surface area (Å²) in [4.78, 5) is 25.9. The molecule has 0 unspecified atom stereocenters. The van der Waals surface area contributed by atoms with Crippen molar-refractivity contribution in [1.29, 1.82) is 0 Å². The van der Waals surface area contributed by atoms with Crippen LogP contribution in [0, 0.1) is 0 Å². The smallest absolute Gasteiger partial charge is 0.325 e. The topological polar surface area (TPSA) is 111 Å². The first-order valence-electron chi connectivity index (χ1n) is 9.11. The molecule has 0 aliphatic carbocycles. The number of nitrogens with one attached hydrogen (secondary N) is 1. The van der Waals surface area contributed by atoms with Gasteiger partial charge in [0.1, 0.15) is 17.2 Å². The Hall–Kier alpha value is -2.17. The van der Waals surface area contributed by atoms with Crippen LogP contribution >= 0.6 is 0 Å². The fourth-order valence-electron chi connectivity index (χ4n) is 2.48. The second-order valence-corrected chi connectivity index (χ2v) is 8.90. The molecule has 0 aliphatic heterocycles. The molecule has 0 aliphatic rings. The van der Waals surface area contributed by atoms with Gasteiger partial charge in [-0.2, -0.15) is 0 Å². The average Bonchev–Trinajstić information content (AvgIpc) is 2.62. The number of ether oxygens (including phenoxy) is 3. The van der Waals surface area contributed by atoms with E-state index >= 15 is 0 Å². The molecule has 0 heterocycles. The minimum absolute atomic E-state index is 0.0977. The van der Waals surface area contributed by atoms with Gasteiger partial charge in [0.05, 0.1) is 20.3 Å². The number of sulfonamides is 1. The largest absolute Gasteiger partial charge is 0.495 e. The minimum atomic E-state index is -3.95. The third-order valence-electron chi connectivity index (χ3n) is 3.62. The Morgan fingerprint density at radius 2 is 1.83 bits per heavy atom. The van der Waals surface area contributed by atoms with Crippen LogP contribution in [0.5, 0.6) is 5.75 Å². The van der Waals surface area contributed by atoms with E-state index in [2.05, 4.69) is 4.72 Å². The van der Waals surface area contributed by atoms with Crippen LogP contribution < -0.4 is 9.46 Å². The van der Waals surface area contributed by atoms with Crippen molar-refractivity contribution >= 4 is 21.9 Å². The van der Waals surface area contributed by atoms with Gasteiger partial charge in [0, 0.05) is 24.8 Å². The summed E-state index contributed by atoms with van der Waals surface area (Å²) in [5.41, 5.74) is -0.626. The van der Waals surface area contributed by atoms with Gasteiger partial charge in [-0.15, -0.1) is 0 Å². The molecule has 9 nitrogen and oxygen atoms in total. The van der Waals surface area contributed by atoms with Crippen molar-refractivity contribution in [2.75, 3.05) is 40.5 Å². The molecule has 0 fully saturated rings. The van der Waals surface area contributed by atoms with Gasteiger partial charge in [0.15, 0.2) is 0 Å². The van der Waals surface area contributed by atoms with E-state index < -0.39 is 27.4 Å². The molecule has 1 aromatic rings. The average molecular weight is 431 g/mol. The Bertz CT molecular complexity index is 816. The Kier molecular flexibility index (Phi) is 9.06. The molecule has 0 bridgehead atoms. The number of carbonyl (C=O) groups is 2. The van der Waals surface area contributed by atoms with Crippen molar-refractivity contribution in [1.82, 2.24) is 9.62 Å². The number of amides is 1. The summed E-state index contributed by atoms with van der Waals surface area (Å²) in [7, 11) is -1.13. The van der Waals surface area contributed by atoms with Gasteiger partial charge in [0.25, 0.3) is 5.91 Å². The standard InChI is InChI=1S/C19H30N2O7S/c1-7-28-17(22)13-21(10-11-26-5)18(23)14-8-9-15(27-6)16(12-14)29(24,25)20-19(2,3)4/h8-9,12,20H,7,10-11,13H2,1-6H3. The maximum Gasteiger partial charge on any atom is 0.325 e. The lowest BCUT2D eigenvalue weighted by molar-refractivity contribution is -0.143. The normalized spacial score (nSPS) is 11.8. The zero-order valence-corrected chi connectivity index (χ0v) is 18.6. The Morgan fingerprint density at radius 3 is 2.34 bits per heavy atom. The van der Waals surface area contributed by atoms with Gasteiger partial charge in [0.2, 0.25) is 10.0 Å². The fourth-order valence-corrected chi connectivity index (χ4v) is 4.09. The molecule has 164 valence electrons. The van der Waals surface area contributed by atoms with Gasteiger partial charge in [-0.25, -0.2) is 13.1 Å². The van der Waals surface area contributed by atoms with Crippen LogP contribution in [0.2, 0.25) is 0 Å². The van der Waals surface area contributed by atoms with Crippen LogP contribution in [0.3, 0.4) is 0 Å². The van der Waals surface area contributed by atoms with Crippen LogP contribution in [0.1, 0.15) is 38.1 Å². The van der Waals surface area contributed by atoms with E-state index in [-0.39, 0.29) is 42.5 Å². The van der Waals surface area contributed by atoms with Crippen LogP contribution in [-0.2, 0) is 24.3 Å². The molecule has 0 radical (unpaired) electrons. The quantitative estimate of drug-likeness (QED) is 0.559.